The minimum Gasteiger partial charge on any atom is -0.479 e. The van der Waals surface area contributed by atoms with E-state index in [2.05, 4.69) is 6.92 Å². The fourth-order valence-corrected chi connectivity index (χ4v) is 1.71. The number of aliphatic hydroxyl groups is 2. The van der Waals surface area contributed by atoms with Crippen molar-refractivity contribution in [1.29, 1.82) is 0 Å². The third kappa shape index (κ3) is 6.08. The van der Waals surface area contributed by atoms with E-state index >= 15 is 0 Å². The molecule has 1 unspecified atom stereocenters. The Labute approximate surface area is 97.3 Å². The monoisotopic (exact) mass is 232 g/mol. The first-order valence-electron chi connectivity index (χ1n) is 6.13. The Balaban J connectivity index is 3.96. The van der Waals surface area contributed by atoms with E-state index in [9.17, 15) is 9.90 Å². The van der Waals surface area contributed by atoms with Crippen LogP contribution in [0.5, 0.6) is 0 Å². The Kier molecular flexibility index (Phi) is 8.21. The van der Waals surface area contributed by atoms with Gasteiger partial charge in [-0.15, -0.1) is 0 Å². The maximum atomic E-state index is 11.0. The first-order valence-corrected chi connectivity index (χ1v) is 6.13. The highest BCUT2D eigenvalue weighted by atomic mass is 16.4. The minimum absolute atomic E-state index is 0.0472. The van der Waals surface area contributed by atoms with Gasteiger partial charge in [-0.05, 0) is 32.1 Å². The number of aliphatic hydroxyl groups excluding tert-OH is 1. The topological polar surface area (TPSA) is 77.8 Å². The summed E-state index contributed by atoms with van der Waals surface area (Å²) in [5.74, 6) is -1.14. The molecule has 0 aliphatic rings. The third-order valence-electron chi connectivity index (χ3n) is 2.84. The van der Waals surface area contributed by atoms with Gasteiger partial charge < -0.3 is 15.3 Å². The number of hydrogen-bond donors (Lipinski definition) is 3. The lowest BCUT2D eigenvalue weighted by atomic mass is 9.90. The summed E-state index contributed by atoms with van der Waals surface area (Å²) in [5.41, 5.74) is -1.59. The standard InChI is InChI=1S/C12H24O4/c1-2-3-4-5-8-12(16,11(14)15)9-6-7-10-13/h13,16H,2-10H2,1H3,(H,14,15). The Hall–Kier alpha value is -0.610. The molecule has 96 valence electrons. The largest absolute Gasteiger partial charge is 0.479 e. The van der Waals surface area contributed by atoms with Gasteiger partial charge in [0.15, 0.2) is 5.60 Å². The molecule has 1 atom stereocenters. The number of carboxylic acid groups (broad SMARTS) is 1. The van der Waals surface area contributed by atoms with E-state index in [0.29, 0.717) is 19.3 Å². The molecule has 0 aliphatic heterocycles. The molecule has 4 nitrogen and oxygen atoms in total. The number of unbranched alkanes of at least 4 members (excludes halogenated alkanes) is 4. The van der Waals surface area contributed by atoms with Crippen molar-refractivity contribution < 1.29 is 20.1 Å². The van der Waals surface area contributed by atoms with E-state index < -0.39 is 11.6 Å². The van der Waals surface area contributed by atoms with Crippen molar-refractivity contribution in [2.75, 3.05) is 6.61 Å². The molecular formula is C12H24O4. The highest BCUT2D eigenvalue weighted by molar-refractivity contribution is 5.76. The van der Waals surface area contributed by atoms with Gasteiger partial charge in [-0.1, -0.05) is 26.2 Å². The first-order chi connectivity index (χ1) is 7.56. The minimum atomic E-state index is -1.59. The summed E-state index contributed by atoms with van der Waals surface area (Å²) in [6.07, 6.45) is 5.52. The summed E-state index contributed by atoms with van der Waals surface area (Å²) in [6, 6.07) is 0. The molecule has 0 rings (SSSR count). The summed E-state index contributed by atoms with van der Waals surface area (Å²) in [5, 5.41) is 27.5. The van der Waals surface area contributed by atoms with Crippen molar-refractivity contribution in [3.63, 3.8) is 0 Å². The Morgan fingerprint density at radius 3 is 2.06 bits per heavy atom. The molecule has 0 aromatic heterocycles. The van der Waals surface area contributed by atoms with Crippen LogP contribution in [0.1, 0.15) is 58.3 Å². The van der Waals surface area contributed by atoms with Gasteiger partial charge in [0, 0.05) is 6.61 Å². The maximum absolute atomic E-state index is 11.0. The normalized spacial score (nSPS) is 14.7. The quantitative estimate of drug-likeness (QED) is 0.503. The van der Waals surface area contributed by atoms with E-state index in [4.69, 9.17) is 10.2 Å². The summed E-state index contributed by atoms with van der Waals surface area (Å²) in [4.78, 5) is 11.0. The molecule has 0 fully saturated rings. The molecule has 0 aromatic rings. The van der Waals surface area contributed by atoms with E-state index in [1.54, 1.807) is 0 Å². The molecule has 0 bridgehead atoms. The zero-order valence-corrected chi connectivity index (χ0v) is 10.1. The fraction of sp³-hybridized carbons (Fsp3) is 0.917. The van der Waals surface area contributed by atoms with Gasteiger partial charge >= 0.3 is 5.97 Å². The van der Waals surface area contributed by atoms with E-state index in [1.165, 1.54) is 0 Å². The Morgan fingerprint density at radius 2 is 1.62 bits per heavy atom. The second-order valence-corrected chi connectivity index (χ2v) is 4.33. The summed E-state index contributed by atoms with van der Waals surface area (Å²) < 4.78 is 0. The van der Waals surface area contributed by atoms with Crippen molar-refractivity contribution in [3.05, 3.63) is 0 Å². The molecule has 0 amide bonds. The summed E-state index contributed by atoms with van der Waals surface area (Å²) in [7, 11) is 0. The molecule has 0 heterocycles. The SMILES string of the molecule is CCCCCCC(O)(CCCCO)C(=O)O. The van der Waals surface area contributed by atoms with Crippen LogP contribution in [0.2, 0.25) is 0 Å². The lowest BCUT2D eigenvalue weighted by Crippen LogP contribution is -2.38. The molecule has 16 heavy (non-hydrogen) atoms. The van der Waals surface area contributed by atoms with Crippen LogP contribution in [0.25, 0.3) is 0 Å². The van der Waals surface area contributed by atoms with Crippen molar-refractivity contribution >= 4 is 5.97 Å². The lowest BCUT2D eigenvalue weighted by Gasteiger charge is -2.23. The van der Waals surface area contributed by atoms with Crippen LogP contribution in [0.4, 0.5) is 0 Å². The van der Waals surface area contributed by atoms with Gasteiger partial charge in [-0.2, -0.15) is 0 Å². The van der Waals surface area contributed by atoms with E-state index in [0.717, 1.165) is 25.7 Å². The van der Waals surface area contributed by atoms with Crippen LogP contribution in [-0.2, 0) is 4.79 Å². The molecule has 0 spiro atoms. The average molecular weight is 232 g/mol. The van der Waals surface area contributed by atoms with Gasteiger partial charge in [0.25, 0.3) is 0 Å². The predicted octanol–water partition coefficient (Wildman–Crippen LogP) is 1.94. The predicted molar refractivity (Wildman–Crippen MR) is 62.3 cm³/mol. The second kappa shape index (κ2) is 8.53. The van der Waals surface area contributed by atoms with Gasteiger partial charge in [0.1, 0.15) is 0 Å². The van der Waals surface area contributed by atoms with Gasteiger partial charge in [-0.3, -0.25) is 0 Å². The Morgan fingerprint density at radius 1 is 1.06 bits per heavy atom. The zero-order valence-electron chi connectivity index (χ0n) is 10.1. The molecule has 3 N–H and O–H groups in total. The highest BCUT2D eigenvalue weighted by Crippen LogP contribution is 2.22. The third-order valence-corrected chi connectivity index (χ3v) is 2.84. The Bertz CT molecular complexity index is 193. The van der Waals surface area contributed by atoms with Crippen molar-refractivity contribution in [2.24, 2.45) is 0 Å². The van der Waals surface area contributed by atoms with Crippen molar-refractivity contribution in [3.8, 4) is 0 Å². The molecule has 4 heteroatoms. The van der Waals surface area contributed by atoms with Gasteiger partial charge in [0.05, 0.1) is 0 Å². The number of carboxylic acids is 1. The maximum Gasteiger partial charge on any atom is 0.335 e. The van der Waals surface area contributed by atoms with Crippen LogP contribution < -0.4 is 0 Å². The fourth-order valence-electron chi connectivity index (χ4n) is 1.71. The van der Waals surface area contributed by atoms with Crippen molar-refractivity contribution in [1.82, 2.24) is 0 Å². The van der Waals surface area contributed by atoms with E-state index in [1.807, 2.05) is 0 Å². The molecule has 0 radical (unpaired) electrons. The smallest absolute Gasteiger partial charge is 0.335 e. The van der Waals surface area contributed by atoms with E-state index in [-0.39, 0.29) is 13.0 Å². The first kappa shape index (κ1) is 15.4. The zero-order chi connectivity index (χ0) is 12.4. The number of hydrogen-bond acceptors (Lipinski definition) is 3. The van der Waals surface area contributed by atoms with Gasteiger partial charge in [-0.25, -0.2) is 4.79 Å². The molecule has 0 aliphatic carbocycles. The highest BCUT2D eigenvalue weighted by Gasteiger charge is 2.34. The summed E-state index contributed by atoms with van der Waals surface area (Å²) >= 11 is 0. The lowest BCUT2D eigenvalue weighted by molar-refractivity contribution is -0.160. The number of rotatable bonds is 10. The molecule has 0 saturated heterocycles. The summed E-state index contributed by atoms with van der Waals surface area (Å²) in [6.45, 7) is 2.14. The van der Waals surface area contributed by atoms with Crippen LogP contribution in [0.3, 0.4) is 0 Å². The number of aliphatic carboxylic acids is 1. The second-order valence-electron chi connectivity index (χ2n) is 4.33. The molecule has 0 aromatic carbocycles. The van der Waals surface area contributed by atoms with Gasteiger partial charge in [0.2, 0.25) is 0 Å². The molecular weight excluding hydrogens is 208 g/mol. The van der Waals surface area contributed by atoms with Crippen LogP contribution in [0.15, 0.2) is 0 Å². The van der Waals surface area contributed by atoms with Crippen molar-refractivity contribution in [2.45, 2.75) is 63.9 Å². The average Bonchev–Trinajstić information content (AvgIpc) is 2.25. The molecule has 0 saturated carbocycles. The number of carbonyl (C=O) groups is 1. The van der Waals surface area contributed by atoms with Crippen LogP contribution in [0, 0.1) is 0 Å². The van der Waals surface area contributed by atoms with Crippen LogP contribution >= 0.6 is 0 Å². The van der Waals surface area contributed by atoms with Crippen LogP contribution in [-0.4, -0.2) is 33.5 Å².